The van der Waals surface area contributed by atoms with Crippen molar-refractivity contribution < 1.29 is 9.53 Å². The molecule has 2 aliphatic rings. The topological polar surface area (TPSA) is 41.6 Å². The molecule has 1 amide bonds. The van der Waals surface area contributed by atoms with E-state index in [0.29, 0.717) is 6.04 Å². The molecule has 0 aromatic heterocycles. The summed E-state index contributed by atoms with van der Waals surface area (Å²) in [7, 11) is 0. The highest BCUT2D eigenvalue weighted by molar-refractivity contribution is 5.47. The first-order valence-electron chi connectivity index (χ1n) is 6.81. The van der Waals surface area contributed by atoms with E-state index in [4.69, 9.17) is 4.74 Å². The Bertz CT molecular complexity index is 221. The van der Waals surface area contributed by atoms with E-state index in [0.717, 1.165) is 45.1 Å². The standard InChI is InChI=1S/C13H23N2O2/c16-11-14-13-3-7-15(8-4-13)6-1-2-12-5-9-17-10-12/h12-13H,1-10H2,(H,14,16). The molecule has 4 nitrogen and oxygen atoms in total. The monoisotopic (exact) mass is 239 g/mol. The van der Waals surface area contributed by atoms with Gasteiger partial charge >= 0.3 is 6.41 Å². The SMILES string of the molecule is O=[C]NC1CCN(CCCC2CCOC2)CC1. The molecule has 0 saturated carbocycles. The predicted molar refractivity (Wildman–Crippen MR) is 66.5 cm³/mol. The van der Waals surface area contributed by atoms with Gasteiger partial charge in [0.05, 0.1) is 0 Å². The number of hydrogen-bond acceptors (Lipinski definition) is 3. The largest absolute Gasteiger partial charge is 0.381 e. The lowest BCUT2D eigenvalue weighted by Crippen LogP contribution is -2.42. The summed E-state index contributed by atoms with van der Waals surface area (Å²) in [6.45, 7) is 5.36. The van der Waals surface area contributed by atoms with Gasteiger partial charge < -0.3 is 15.0 Å². The molecule has 2 fully saturated rings. The van der Waals surface area contributed by atoms with E-state index in [1.807, 2.05) is 0 Å². The molecule has 2 rings (SSSR count). The van der Waals surface area contributed by atoms with Crippen molar-refractivity contribution in [3.05, 3.63) is 0 Å². The number of hydrogen-bond donors (Lipinski definition) is 1. The van der Waals surface area contributed by atoms with Crippen LogP contribution < -0.4 is 5.32 Å². The van der Waals surface area contributed by atoms with Gasteiger partial charge in [0.1, 0.15) is 0 Å². The van der Waals surface area contributed by atoms with Crippen LogP contribution in [-0.2, 0) is 9.53 Å². The van der Waals surface area contributed by atoms with Crippen LogP contribution in [0.1, 0.15) is 32.1 Å². The molecule has 1 unspecified atom stereocenters. The molecule has 17 heavy (non-hydrogen) atoms. The zero-order valence-electron chi connectivity index (χ0n) is 10.5. The second-order valence-electron chi connectivity index (χ2n) is 5.23. The number of ether oxygens (including phenoxy) is 1. The lowest BCUT2D eigenvalue weighted by atomic mass is 10.0. The van der Waals surface area contributed by atoms with Crippen molar-refractivity contribution in [1.82, 2.24) is 10.2 Å². The van der Waals surface area contributed by atoms with Gasteiger partial charge in [-0.3, -0.25) is 4.79 Å². The number of likely N-dealkylation sites (tertiary alicyclic amines) is 1. The molecule has 97 valence electrons. The first-order valence-corrected chi connectivity index (χ1v) is 6.81. The molecule has 0 spiro atoms. The van der Waals surface area contributed by atoms with Gasteiger partial charge in [-0.05, 0) is 44.6 Å². The van der Waals surface area contributed by atoms with Crippen LogP contribution in [-0.4, -0.2) is 50.2 Å². The van der Waals surface area contributed by atoms with Gasteiger partial charge in [-0.2, -0.15) is 0 Å². The van der Waals surface area contributed by atoms with Crippen LogP contribution >= 0.6 is 0 Å². The fourth-order valence-electron chi connectivity index (χ4n) is 2.80. The van der Waals surface area contributed by atoms with Crippen LogP contribution in [0.5, 0.6) is 0 Å². The number of nitrogens with one attached hydrogen (secondary N) is 1. The summed E-state index contributed by atoms with van der Waals surface area (Å²) in [6, 6.07) is 0.354. The molecule has 2 aliphatic heterocycles. The van der Waals surface area contributed by atoms with Crippen molar-refractivity contribution in [3.8, 4) is 0 Å². The second-order valence-corrected chi connectivity index (χ2v) is 5.23. The summed E-state index contributed by atoms with van der Waals surface area (Å²) in [5.41, 5.74) is 0. The summed E-state index contributed by atoms with van der Waals surface area (Å²) < 4.78 is 5.38. The second kappa shape index (κ2) is 6.97. The first kappa shape index (κ1) is 12.8. The van der Waals surface area contributed by atoms with Crippen LogP contribution in [0.2, 0.25) is 0 Å². The van der Waals surface area contributed by atoms with Gasteiger partial charge in [-0.25, -0.2) is 0 Å². The van der Waals surface area contributed by atoms with Crippen LogP contribution in [0.3, 0.4) is 0 Å². The van der Waals surface area contributed by atoms with Crippen molar-refractivity contribution in [2.24, 2.45) is 5.92 Å². The average Bonchev–Trinajstić information content (AvgIpc) is 2.85. The van der Waals surface area contributed by atoms with Gasteiger partial charge in [0, 0.05) is 32.3 Å². The Balaban J connectivity index is 1.53. The molecular weight excluding hydrogens is 216 g/mol. The van der Waals surface area contributed by atoms with E-state index in [1.54, 1.807) is 6.41 Å². The molecule has 0 aromatic carbocycles. The molecule has 1 radical (unpaired) electrons. The van der Waals surface area contributed by atoms with Crippen LogP contribution in [0.4, 0.5) is 0 Å². The molecule has 1 atom stereocenters. The quantitative estimate of drug-likeness (QED) is 0.701. The van der Waals surface area contributed by atoms with E-state index < -0.39 is 0 Å². The third kappa shape index (κ3) is 4.28. The van der Waals surface area contributed by atoms with E-state index in [-0.39, 0.29) is 0 Å². The van der Waals surface area contributed by atoms with E-state index in [9.17, 15) is 4.79 Å². The summed E-state index contributed by atoms with van der Waals surface area (Å²) in [4.78, 5) is 12.7. The lowest BCUT2D eigenvalue weighted by Gasteiger charge is -2.31. The summed E-state index contributed by atoms with van der Waals surface area (Å²) in [5, 5.41) is 2.76. The van der Waals surface area contributed by atoms with Crippen LogP contribution in [0, 0.1) is 5.92 Å². The highest BCUT2D eigenvalue weighted by Crippen LogP contribution is 2.19. The molecule has 0 bridgehead atoms. The Morgan fingerprint density at radius 3 is 2.76 bits per heavy atom. The number of piperidine rings is 1. The number of amides is 1. The maximum absolute atomic E-state index is 10.2. The van der Waals surface area contributed by atoms with E-state index in [2.05, 4.69) is 10.2 Å². The minimum absolute atomic E-state index is 0.354. The normalized spacial score (nSPS) is 27.2. The zero-order valence-corrected chi connectivity index (χ0v) is 10.5. The Morgan fingerprint density at radius 1 is 1.29 bits per heavy atom. The average molecular weight is 239 g/mol. The molecule has 1 N–H and O–H groups in total. The highest BCUT2D eigenvalue weighted by Gasteiger charge is 2.19. The van der Waals surface area contributed by atoms with Crippen LogP contribution in [0.25, 0.3) is 0 Å². The Kier molecular flexibility index (Phi) is 5.26. The van der Waals surface area contributed by atoms with Crippen molar-refractivity contribution in [2.45, 2.75) is 38.1 Å². The van der Waals surface area contributed by atoms with Gasteiger partial charge in [0.25, 0.3) is 0 Å². The number of nitrogens with zero attached hydrogens (tertiary/aromatic N) is 1. The van der Waals surface area contributed by atoms with Crippen LogP contribution in [0.15, 0.2) is 0 Å². The molecule has 0 aromatic rings. The Labute approximate surface area is 104 Å². The number of rotatable bonds is 6. The van der Waals surface area contributed by atoms with E-state index >= 15 is 0 Å². The minimum atomic E-state index is 0.354. The fourth-order valence-corrected chi connectivity index (χ4v) is 2.80. The first-order chi connectivity index (χ1) is 8.38. The van der Waals surface area contributed by atoms with E-state index in [1.165, 1.54) is 25.8 Å². The van der Waals surface area contributed by atoms with Gasteiger partial charge in [-0.1, -0.05) is 0 Å². The van der Waals surface area contributed by atoms with Crippen molar-refractivity contribution >= 4 is 6.41 Å². The molecule has 4 heteroatoms. The van der Waals surface area contributed by atoms with Gasteiger partial charge in [-0.15, -0.1) is 0 Å². The molecule has 0 aliphatic carbocycles. The Morgan fingerprint density at radius 2 is 2.12 bits per heavy atom. The van der Waals surface area contributed by atoms with Gasteiger partial charge in [0.15, 0.2) is 0 Å². The van der Waals surface area contributed by atoms with Crippen molar-refractivity contribution in [3.63, 3.8) is 0 Å². The van der Waals surface area contributed by atoms with Gasteiger partial charge in [0.2, 0.25) is 0 Å². The summed E-state index contributed by atoms with van der Waals surface area (Å²) in [6.07, 6.45) is 7.78. The third-order valence-corrected chi connectivity index (χ3v) is 3.96. The molecule has 2 saturated heterocycles. The maximum Gasteiger partial charge on any atom is 0.309 e. The van der Waals surface area contributed by atoms with Crippen molar-refractivity contribution in [1.29, 1.82) is 0 Å². The Hall–Kier alpha value is -0.610. The molecular formula is C13H23N2O2. The number of carbonyl (C=O) groups excluding carboxylic acids is 1. The molecule has 2 heterocycles. The zero-order chi connectivity index (χ0) is 11.9. The smallest absolute Gasteiger partial charge is 0.309 e. The maximum atomic E-state index is 10.2. The predicted octanol–water partition coefficient (Wildman–Crippen LogP) is 0.924. The van der Waals surface area contributed by atoms with Crippen molar-refractivity contribution in [2.75, 3.05) is 32.8 Å². The summed E-state index contributed by atoms with van der Waals surface area (Å²) in [5.74, 6) is 0.805. The summed E-state index contributed by atoms with van der Waals surface area (Å²) >= 11 is 0. The highest BCUT2D eigenvalue weighted by atomic mass is 16.5. The minimum Gasteiger partial charge on any atom is -0.381 e. The lowest BCUT2D eigenvalue weighted by molar-refractivity contribution is 0.177. The third-order valence-electron chi connectivity index (χ3n) is 3.96. The fraction of sp³-hybridized carbons (Fsp3) is 0.923.